The number of hydrogen-bond acceptors (Lipinski definition) is 2. The number of anilines is 1. The summed E-state index contributed by atoms with van der Waals surface area (Å²) in [6.45, 7) is 0.618. The Morgan fingerprint density at radius 1 is 1.32 bits per heavy atom. The quantitative estimate of drug-likeness (QED) is 0.866. The molecule has 100 valence electrons. The number of amides is 2. The van der Waals surface area contributed by atoms with E-state index >= 15 is 0 Å². The highest BCUT2D eigenvalue weighted by molar-refractivity contribution is 9.09. The molecule has 1 aliphatic carbocycles. The maximum atomic E-state index is 12.2. The largest absolute Gasteiger partial charge is 0.349 e. The van der Waals surface area contributed by atoms with E-state index in [0.717, 1.165) is 12.8 Å². The summed E-state index contributed by atoms with van der Waals surface area (Å²) in [6.07, 6.45) is 2.60. The van der Waals surface area contributed by atoms with E-state index in [9.17, 15) is 9.59 Å². The molecule has 1 atom stereocenters. The zero-order valence-electron chi connectivity index (χ0n) is 10.4. The van der Waals surface area contributed by atoms with E-state index in [4.69, 9.17) is 0 Å². The van der Waals surface area contributed by atoms with Crippen LogP contribution in [0.5, 0.6) is 0 Å². The molecule has 5 heteroatoms. The molecule has 3 rings (SSSR count). The molecule has 1 saturated carbocycles. The molecule has 0 radical (unpaired) electrons. The van der Waals surface area contributed by atoms with Crippen molar-refractivity contribution in [3.63, 3.8) is 0 Å². The normalized spacial score (nSPS) is 22.7. The zero-order valence-corrected chi connectivity index (χ0v) is 12.0. The third-order valence-corrected chi connectivity index (χ3v) is 4.04. The van der Waals surface area contributed by atoms with Crippen LogP contribution in [0.15, 0.2) is 24.3 Å². The molecule has 0 aromatic heterocycles. The predicted octanol–water partition coefficient (Wildman–Crippen LogP) is 2.08. The number of halogens is 1. The zero-order chi connectivity index (χ0) is 13.4. The summed E-state index contributed by atoms with van der Waals surface area (Å²) in [5.41, 5.74) is 1.30. The number of alkyl halides is 1. The van der Waals surface area contributed by atoms with Crippen molar-refractivity contribution in [1.82, 2.24) is 5.32 Å². The highest BCUT2D eigenvalue weighted by Crippen LogP contribution is 2.29. The van der Waals surface area contributed by atoms with Gasteiger partial charge < -0.3 is 10.2 Å². The lowest BCUT2D eigenvalue weighted by molar-refractivity contribution is -0.117. The first-order valence-corrected chi connectivity index (χ1v) is 7.41. The summed E-state index contributed by atoms with van der Waals surface area (Å²) >= 11 is 3.47. The van der Waals surface area contributed by atoms with Gasteiger partial charge in [-0.05, 0) is 25.0 Å². The fourth-order valence-electron chi connectivity index (χ4n) is 2.29. The van der Waals surface area contributed by atoms with Crippen molar-refractivity contribution < 1.29 is 9.59 Å². The van der Waals surface area contributed by atoms with Crippen molar-refractivity contribution in [3.8, 4) is 0 Å². The lowest BCUT2D eigenvalue weighted by Gasteiger charge is -2.19. The number of benzene rings is 1. The van der Waals surface area contributed by atoms with Crippen molar-refractivity contribution in [2.24, 2.45) is 0 Å². The molecule has 0 spiro atoms. The number of nitrogens with zero attached hydrogens (tertiary/aromatic N) is 1. The smallest absolute Gasteiger partial charge is 0.253 e. The summed E-state index contributed by atoms with van der Waals surface area (Å²) in [5.74, 6) is -0.0162. The molecule has 1 aromatic carbocycles. The van der Waals surface area contributed by atoms with E-state index in [2.05, 4.69) is 21.2 Å². The Morgan fingerprint density at radius 3 is 2.68 bits per heavy atom. The summed E-state index contributed by atoms with van der Waals surface area (Å²) in [5, 5.41) is 2.97. The monoisotopic (exact) mass is 322 g/mol. The topological polar surface area (TPSA) is 49.4 Å². The van der Waals surface area contributed by atoms with Crippen LogP contribution in [0.3, 0.4) is 0 Å². The Labute approximate surface area is 120 Å². The van der Waals surface area contributed by atoms with E-state index in [1.165, 1.54) is 0 Å². The van der Waals surface area contributed by atoms with E-state index < -0.39 is 0 Å². The molecule has 1 heterocycles. The van der Waals surface area contributed by atoms with Crippen molar-refractivity contribution in [2.45, 2.75) is 30.1 Å². The Hall–Kier alpha value is -1.36. The Morgan fingerprint density at radius 2 is 2.05 bits per heavy atom. The molecular formula is C14H15BrN2O2. The number of nitrogens with one attached hydrogen (secondary N) is 1. The second kappa shape index (κ2) is 4.96. The first kappa shape index (κ1) is 12.7. The van der Waals surface area contributed by atoms with Crippen LogP contribution in [0.2, 0.25) is 0 Å². The molecule has 1 saturated heterocycles. The molecule has 1 aliphatic heterocycles. The van der Waals surface area contributed by atoms with Crippen molar-refractivity contribution >= 4 is 33.4 Å². The van der Waals surface area contributed by atoms with Crippen LogP contribution in [0.25, 0.3) is 0 Å². The van der Waals surface area contributed by atoms with Gasteiger partial charge in [0.05, 0.1) is 11.3 Å². The van der Waals surface area contributed by atoms with E-state index in [1.807, 2.05) is 18.2 Å². The van der Waals surface area contributed by atoms with Crippen LogP contribution < -0.4 is 10.2 Å². The van der Waals surface area contributed by atoms with Gasteiger partial charge in [0.1, 0.15) is 0 Å². The minimum atomic E-state index is -0.0797. The summed E-state index contributed by atoms with van der Waals surface area (Å²) in [4.78, 5) is 26.0. The molecule has 1 aromatic rings. The van der Waals surface area contributed by atoms with Gasteiger partial charge in [-0.3, -0.25) is 9.59 Å². The predicted molar refractivity (Wildman–Crippen MR) is 76.6 cm³/mol. The molecule has 1 unspecified atom stereocenters. The first-order chi connectivity index (χ1) is 9.15. The lowest BCUT2D eigenvalue weighted by atomic mass is 10.1. The standard InChI is InChI=1S/C14H15BrN2O2/c15-9-7-13(18)17(8-9)12-4-2-1-3-11(12)14(19)16-10-5-6-10/h1-4,9-10H,5-8H2,(H,16,19). The SMILES string of the molecule is O=C(NC1CC1)c1ccccc1N1CC(Br)CC1=O. The Bertz CT molecular complexity index is 528. The number of rotatable bonds is 3. The third kappa shape index (κ3) is 2.66. The molecule has 0 bridgehead atoms. The third-order valence-electron chi connectivity index (χ3n) is 3.43. The fourth-order valence-corrected chi connectivity index (χ4v) is 2.86. The maximum absolute atomic E-state index is 12.2. The molecular weight excluding hydrogens is 308 g/mol. The average Bonchev–Trinajstić information content (AvgIpc) is 3.13. The average molecular weight is 323 g/mol. The van der Waals surface area contributed by atoms with Gasteiger partial charge in [0.15, 0.2) is 0 Å². The molecule has 2 aliphatic rings. The van der Waals surface area contributed by atoms with Gasteiger partial charge in [0, 0.05) is 23.8 Å². The Balaban J connectivity index is 1.88. The second-order valence-electron chi connectivity index (χ2n) is 5.07. The van der Waals surface area contributed by atoms with Gasteiger partial charge in [0.25, 0.3) is 5.91 Å². The summed E-state index contributed by atoms with van der Waals surface area (Å²) in [6, 6.07) is 7.63. The van der Waals surface area contributed by atoms with Gasteiger partial charge in [-0.2, -0.15) is 0 Å². The van der Waals surface area contributed by atoms with Gasteiger partial charge in [-0.15, -0.1) is 0 Å². The van der Waals surface area contributed by atoms with E-state index in [-0.39, 0.29) is 16.6 Å². The number of para-hydroxylation sites is 1. The van der Waals surface area contributed by atoms with Crippen LogP contribution in [0.1, 0.15) is 29.6 Å². The van der Waals surface area contributed by atoms with Crippen LogP contribution in [-0.2, 0) is 4.79 Å². The van der Waals surface area contributed by atoms with Crippen LogP contribution >= 0.6 is 15.9 Å². The summed E-state index contributed by atoms with van der Waals surface area (Å²) < 4.78 is 0. The molecule has 2 fully saturated rings. The van der Waals surface area contributed by atoms with E-state index in [0.29, 0.717) is 30.3 Å². The lowest BCUT2D eigenvalue weighted by Crippen LogP contribution is -2.31. The van der Waals surface area contributed by atoms with Crippen LogP contribution in [0, 0.1) is 0 Å². The minimum Gasteiger partial charge on any atom is -0.349 e. The fraction of sp³-hybridized carbons (Fsp3) is 0.429. The van der Waals surface area contributed by atoms with E-state index in [1.54, 1.807) is 11.0 Å². The van der Waals surface area contributed by atoms with Crippen molar-refractivity contribution in [1.29, 1.82) is 0 Å². The molecule has 1 N–H and O–H groups in total. The highest BCUT2D eigenvalue weighted by Gasteiger charge is 2.32. The minimum absolute atomic E-state index is 0.0635. The van der Waals surface area contributed by atoms with Gasteiger partial charge >= 0.3 is 0 Å². The number of hydrogen-bond donors (Lipinski definition) is 1. The van der Waals surface area contributed by atoms with Crippen molar-refractivity contribution in [3.05, 3.63) is 29.8 Å². The summed E-state index contributed by atoms with van der Waals surface area (Å²) in [7, 11) is 0. The van der Waals surface area contributed by atoms with Crippen molar-refractivity contribution in [2.75, 3.05) is 11.4 Å². The second-order valence-corrected chi connectivity index (χ2v) is 6.37. The highest BCUT2D eigenvalue weighted by atomic mass is 79.9. The Kier molecular flexibility index (Phi) is 3.31. The van der Waals surface area contributed by atoms with Crippen LogP contribution in [0.4, 0.5) is 5.69 Å². The molecule has 19 heavy (non-hydrogen) atoms. The molecule has 2 amide bonds. The first-order valence-electron chi connectivity index (χ1n) is 6.49. The van der Waals surface area contributed by atoms with Gasteiger partial charge in [0.2, 0.25) is 5.91 Å². The van der Waals surface area contributed by atoms with Crippen LogP contribution in [-0.4, -0.2) is 29.2 Å². The number of carbonyl (C=O) groups excluding carboxylic acids is 2. The maximum Gasteiger partial charge on any atom is 0.253 e. The molecule has 4 nitrogen and oxygen atoms in total. The van der Waals surface area contributed by atoms with Gasteiger partial charge in [-0.1, -0.05) is 28.1 Å². The van der Waals surface area contributed by atoms with Gasteiger partial charge in [-0.25, -0.2) is 0 Å². The number of carbonyl (C=O) groups is 2.